The molecule has 1 unspecified atom stereocenters. The van der Waals surface area contributed by atoms with Crippen molar-refractivity contribution in [1.29, 1.82) is 0 Å². The second-order valence-electron chi connectivity index (χ2n) is 3.09. The van der Waals surface area contributed by atoms with Crippen molar-refractivity contribution in [2.24, 2.45) is 5.41 Å². The first-order chi connectivity index (χ1) is 4.77. The van der Waals surface area contributed by atoms with Gasteiger partial charge in [0.1, 0.15) is 0 Å². The third kappa shape index (κ3) is 1.74. The van der Waals surface area contributed by atoms with E-state index in [0.717, 1.165) is 26.2 Å². The van der Waals surface area contributed by atoms with Crippen molar-refractivity contribution in [3.63, 3.8) is 0 Å². The van der Waals surface area contributed by atoms with Crippen LogP contribution in [0.3, 0.4) is 0 Å². The zero-order chi connectivity index (χ0) is 7.45. The van der Waals surface area contributed by atoms with E-state index in [4.69, 9.17) is 9.47 Å². The average molecular weight is 142 g/mol. The highest BCUT2D eigenvalue weighted by atomic mass is 16.5. The van der Waals surface area contributed by atoms with Gasteiger partial charge >= 0.3 is 0 Å². The Bertz CT molecular complexity index is 114. The second kappa shape index (κ2) is 3.06. The number of hydrogen-bond donors (Lipinski definition) is 0. The van der Waals surface area contributed by atoms with E-state index >= 15 is 0 Å². The molecular formula is C8H14O2. The molecule has 58 valence electrons. The van der Waals surface area contributed by atoms with Gasteiger partial charge in [-0.2, -0.15) is 0 Å². The molecule has 1 aliphatic heterocycles. The standard InChI is InChI=1S/C8H14O2/c1-3-9-6-8(2)4-5-10-7-8/h3H,1,4-7H2,2H3. The predicted molar refractivity (Wildman–Crippen MR) is 39.7 cm³/mol. The van der Waals surface area contributed by atoms with Crippen LogP contribution in [0, 0.1) is 5.41 Å². The van der Waals surface area contributed by atoms with Crippen molar-refractivity contribution in [3.05, 3.63) is 12.8 Å². The van der Waals surface area contributed by atoms with Crippen LogP contribution < -0.4 is 0 Å². The minimum Gasteiger partial charge on any atom is -0.501 e. The predicted octanol–water partition coefficient (Wildman–Crippen LogP) is 1.57. The molecule has 0 N–H and O–H groups in total. The number of hydrogen-bond acceptors (Lipinski definition) is 2. The van der Waals surface area contributed by atoms with E-state index in [1.165, 1.54) is 6.26 Å². The first-order valence-corrected chi connectivity index (χ1v) is 3.57. The molecule has 1 saturated heterocycles. The summed E-state index contributed by atoms with van der Waals surface area (Å²) in [5.41, 5.74) is 0.230. The van der Waals surface area contributed by atoms with Gasteiger partial charge in [0.25, 0.3) is 0 Å². The Labute approximate surface area is 61.8 Å². The molecule has 10 heavy (non-hydrogen) atoms. The molecule has 0 aromatic rings. The monoisotopic (exact) mass is 142 g/mol. The molecule has 1 aliphatic rings. The van der Waals surface area contributed by atoms with Gasteiger partial charge in [0.05, 0.1) is 19.5 Å². The topological polar surface area (TPSA) is 18.5 Å². The summed E-state index contributed by atoms with van der Waals surface area (Å²) in [5.74, 6) is 0. The van der Waals surface area contributed by atoms with Crippen LogP contribution in [0.2, 0.25) is 0 Å². The molecule has 1 fully saturated rings. The van der Waals surface area contributed by atoms with Gasteiger partial charge in [0.15, 0.2) is 0 Å². The Hall–Kier alpha value is -0.500. The molecule has 0 spiro atoms. The van der Waals surface area contributed by atoms with Crippen LogP contribution in [0.15, 0.2) is 12.8 Å². The summed E-state index contributed by atoms with van der Waals surface area (Å²) in [5, 5.41) is 0. The molecule has 2 heteroatoms. The third-order valence-corrected chi connectivity index (χ3v) is 1.85. The summed E-state index contributed by atoms with van der Waals surface area (Å²) >= 11 is 0. The lowest BCUT2D eigenvalue weighted by atomic mass is 9.91. The van der Waals surface area contributed by atoms with E-state index in [9.17, 15) is 0 Å². The molecular weight excluding hydrogens is 128 g/mol. The molecule has 0 radical (unpaired) electrons. The lowest BCUT2D eigenvalue weighted by Gasteiger charge is -2.19. The second-order valence-corrected chi connectivity index (χ2v) is 3.09. The molecule has 0 aromatic heterocycles. The Morgan fingerprint density at radius 2 is 2.60 bits per heavy atom. The van der Waals surface area contributed by atoms with E-state index in [0.29, 0.717) is 0 Å². The lowest BCUT2D eigenvalue weighted by Crippen LogP contribution is -2.21. The first-order valence-electron chi connectivity index (χ1n) is 3.57. The summed E-state index contributed by atoms with van der Waals surface area (Å²) in [7, 11) is 0. The van der Waals surface area contributed by atoms with Gasteiger partial charge in [0.2, 0.25) is 0 Å². The van der Waals surface area contributed by atoms with Crippen LogP contribution in [-0.2, 0) is 9.47 Å². The van der Waals surface area contributed by atoms with Crippen molar-refractivity contribution < 1.29 is 9.47 Å². The van der Waals surface area contributed by atoms with Gasteiger partial charge in [-0.1, -0.05) is 13.5 Å². The molecule has 0 aliphatic carbocycles. The van der Waals surface area contributed by atoms with Crippen molar-refractivity contribution in [2.45, 2.75) is 13.3 Å². The van der Waals surface area contributed by atoms with E-state index < -0.39 is 0 Å². The zero-order valence-electron chi connectivity index (χ0n) is 6.43. The molecule has 2 nitrogen and oxygen atoms in total. The normalized spacial score (nSPS) is 32.1. The fraction of sp³-hybridized carbons (Fsp3) is 0.750. The maximum absolute atomic E-state index is 5.24. The smallest absolute Gasteiger partial charge is 0.0949 e. The van der Waals surface area contributed by atoms with Crippen molar-refractivity contribution in [1.82, 2.24) is 0 Å². The van der Waals surface area contributed by atoms with Crippen molar-refractivity contribution in [3.8, 4) is 0 Å². The maximum atomic E-state index is 5.24. The summed E-state index contributed by atoms with van der Waals surface area (Å²) in [6.07, 6.45) is 2.59. The minimum absolute atomic E-state index is 0.230. The van der Waals surface area contributed by atoms with Gasteiger partial charge in [-0.05, 0) is 6.42 Å². The Kier molecular flexibility index (Phi) is 2.33. The minimum atomic E-state index is 0.230. The molecule has 1 rings (SSSR count). The molecule has 0 bridgehead atoms. The SMILES string of the molecule is C=COCC1(C)CCOC1. The molecule has 0 amide bonds. The summed E-state index contributed by atoms with van der Waals surface area (Å²) in [6.45, 7) is 8.08. The average Bonchev–Trinajstić information content (AvgIpc) is 2.33. The van der Waals surface area contributed by atoms with Gasteiger partial charge in [0, 0.05) is 12.0 Å². The van der Waals surface area contributed by atoms with Gasteiger partial charge in [-0.25, -0.2) is 0 Å². The quantitative estimate of drug-likeness (QED) is 0.557. The highest BCUT2D eigenvalue weighted by molar-refractivity contribution is 4.78. The summed E-state index contributed by atoms with van der Waals surface area (Å²) in [6, 6.07) is 0. The third-order valence-electron chi connectivity index (χ3n) is 1.85. The van der Waals surface area contributed by atoms with E-state index in [2.05, 4.69) is 13.5 Å². The zero-order valence-corrected chi connectivity index (χ0v) is 6.43. The lowest BCUT2D eigenvalue weighted by molar-refractivity contribution is 0.0960. The highest BCUT2D eigenvalue weighted by Gasteiger charge is 2.29. The van der Waals surface area contributed by atoms with E-state index in [1.807, 2.05) is 0 Å². The van der Waals surface area contributed by atoms with Crippen LogP contribution in [0.5, 0.6) is 0 Å². The van der Waals surface area contributed by atoms with Crippen LogP contribution in [0.4, 0.5) is 0 Å². The van der Waals surface area contributed by atoms with Crippen molar-refractivity contribution in [2.75, 3.05) is 19.8 Å². The fourth-order valence-corrected chi connectivity index (χ4v) is 1.08. The number of rotatable bonds is 3. The molecule has 1 atom stereocenters. The van der Waals surface area contributed by atoms with Crippen molar-refractivity contribution >= 4 is 0 Å². The molecule has 0 saturated carbocycles. The molecule has 1 heterocycles. The van der Waals surface area contributed by atoms with E-state index in [1.54, 1.807) is 0 Å². The Balaban J connectivity index is 2.28. The van der Waals surface area contributed by atoms with Crippen LogP contribution in [0.1, 0.15) is 13.3 Å². The van der Waals surface area contributed by atoms with Crippen LogP contribution in [0.25, 0.3) is 0 Å². The Morgan fingerprint density at radius 1 is 1.80 bits per heavy atom. The first kappa shape index (κ1) is 7.61. The van der Waals surface area contributed by atoms with Gasteiger partial charge < -0.3 is 9.47 Å². The molecule has 0 aromatic carbocycles. The van der Waals surface area contributed by atoms with Gasteiger partial charge in [-0.15, -0.1) is 0 Å². The van der Waals surface area contributed by atoms with Crippen LogP contribution in [-0.4, -0.2) is 19.8 Å². The maximum Gasteiger partial charge on any atom is 0.0949 e. The largest absolute Gasteiger partial charge is 0.501 e. The van der Waals surface area contributed by atoms with E-state index in [-0.39, 0.29) is 5.41 Å². The summed E-state index contributed by atoms with van der Waals surface area (Å²) < 4.78 is 10.3. The highest BCUT2D eigenvalue weighted by Crippen LogP contribution is 2.27. The fourth-order valence-electron chi connectivity index (χ4n) is 1.08. The number of ether oxygens (including phenoxy) is 2. The van der Waals surface area contributed by atoms with Crippen LogP contribution >= 0.6 is 0 Å². The Morgan fingerprint density at radius 3 is 3.10 bits per heavy atom. The summed E-state index contributed by atoms with van der Waals surface area (Å²) in [4.78, 5) is 0. The van der Waals surface area contributed by atoms with Gasteiger partial charge in [-0.3, -0.25) is 0 Å².